The van der Waals surface area contributed by atoms with Gasteiger partial charge in [0.2, 0.25) is 5.91 Å². The van der Waals surface area contributed by atoms with E-state index in [2.05, 4.69) is 9.97 Å². The minimum Gasteiger partial charge on any atom is -0.344 e. The van der Waals surface area contributed by atoms with E-state index in [4.69, 9.17) is 5.73 Å². The fourth-order valence-corrected chi connectivity index (χ4v) is 1.87. The number of nitrogens with one attached hydrogen (secondary N) is 1. The molecule has 0 unspecified atom stereocenters. The van der Waals surface area contributed by atoms with E-state index in [0.717, 1.165) is 11.5 Å². The van der Waals surface area contributed by atoms with E-state index in [9.17, 15) is 4.79 Å². The molecule has 1 aromatic heterocycles. The Morgan fingerprint density at radius 1 is 1.71 bits per heavy atom. The minimum absolute atomic E-state index is 0.0801. The van der Waals surface area contributed by atoms with E-state index >= 15 is 0 Å². The molecule has 0 saturated carbocycles. The van der Waals surface area contributed by atoms with Crippen LogP contribution in [0.3, 0.4) is 0 Å². The van der Waals surface area contributed by atoms with E-state index in [1.807, 2.05) is 6.92 Å². The first-order valence-corrected chi connectivity index (χ1v) is 4.62. The number of hydrogen-bond acceptors (Lipinski definition) is 3. The van der Waals surface area contributed by atoms with Gasteiger partial charge in [-0.1, -0.05) is 0 Å². The first-order chi connectivity index (χ1) is 6.59. The molecule has 1 fully saturated rings. The van der Waals surface area contributed by atoms with E-state index < -0.39 is 0 Å². The number of imidazole rings is 1. The van der Waals surface area contributed by atoms with Crippen LogP contribution in [-0.2, 0) is 4.79 Å². The molecule has 3 N–H and O–H groups in total. The van der Waals surface area contributed by atoms with Crippen LogP contribution in [0.5, 0.6) is 0 Å². The second-order valence-electron chi connectivity index (χ2n) is 3.77. The molecule has 1 aliphatic rings. The maximum Gasteiger partial charge on any atom is 0.224 e. The number of nitrogens with zero attached hydrogens (tertiary/aromatic N) is 2. The second-order valence-corrected chi connectivity index (χ2v) is 3.77. The van der Waals surface area contributed by atoms with Gasteiger partial charge in [0.15, 0.2) is 0 Å². The van der Waals surface area contributed by atoms with Crippen LogP contribution in [-0.4, -0.2) is 33.9 Å². The lowest BCUT2D eigenvalue weighted by molar-refractivity contribution is -0.127. The molecule has 5 nitrogen and oxygen atoms in total. The Morgan fingerprint density at radius 3 is 2.86 bits per heavy atom. The van der Waals surface area contributed by atoms with E-state index in [1.54, 1.807) is 18.1 Å². The number of aromatic amines is 1. The van der Waals surface area contributed by atoms with Crippen molar-refractivity contribution >= 4 is 5.91 Å². The molecule has 76 valence electrons. The van der Waals surface area contributed by atoms with Gasteiger partial charge in [-0.3, -0.25) is 4.79 Å². The molecule has 1 saturated heterocycles. The number of H-pyrrole nitrogens is 1. The van der Waals surface area contributed by atoms with Crippen LogP contribution >= 0.6 is 0 Å². The van der Waals surface area contributed by atoms with Gasteiger partial charge in [0.05, 0.1) is 0 Å². The number of rotatable bonds is 1. The highest BCUT2D eigenvalue weighted by Gasteiger charge is 2.37. The van der Waals surface area contributed by atoms with Crippen LogP contribution in [0, 0.1) is 6.92 Å². The Hall–Kier alpha value is -1.36. The normalized spacial score (nSPS) is 27.4. The number of carbonyl (C=O) groups excluding carboxylic acids is 1. The molecule has 1 aliphatic heterocycles. The third-order valence-electron chi connectivity index (χ3n) is 2.63. The van der Waals surface area contributed by atoms with Crippen molar-refractivity contribution in [3.05, 3.63) is 17.7 Å². The maximum absolute atomic E-state index is 11.4. The van der Waals surface area contributed by atoms with Crippen LogP contribution in [0.2, 0.25) is 0 Å². The Kier molecular flexibility index (Phi) is 2.03. The van der Waals surface area contributed by atoms with Crippen LogP contribution in [0.15, 0.2) is 6.20 Å². The van der Waals surface area contributed by atoms with Crippen LogP contribution < -0.4 is 5.73 Å². The van der Waals surface area contributed by atoms with Gasteiger partial charge in [-0.25, -0.2) is 4.98 Å². The molecule has 0 aromatic carbocycles. The molecule has 0 aliphatic carbocycles. The minimum atomic E-state index is -0.155. The summed E-state index contributed by atoms with van der Waals surface area (Å²) >= 11 is 0. The average molecular weight is 194 g/mol. The van der Waals surface area contributed by atoms with Crippen molar-refractivity contribution in [3.63, 3.8) is 0 Å². The van der Waals surface area contributed by atoms with Crippen molar-refractivity contribution in [1.82, 2.24) is 14.9 Å². The summed E-state index contributed by atoms with van der Waals surface area (Å²) in [6.45, 7) is 1.93. The summed E-state index contributed by atoms with van der Waals surface area (Å²) in [5.41, 5.74) is 6.86. The van der Waals surface area contributed by atoms with E-state index in [0.29, 0.717) is 6.42 Å². The Labute approximate surface area is 82.3 Å². The molecule has 0 bridgehead atoms. The number of hydrogen-bond donors (Lipinski definition) is 2. The zero-order chi connectivity index (χ0) is 10.3. The molecule has 2 heterocycles. The molecular weight excluding hydrogens is 180 g/mol. The van der Waals surface area contributed by atoms with Crippen LogP contribution in [0.25, 0.3) is 0 Å². The number of aromatic nitrogens is 2. The van der Waals surface area contributed by atoms with Gasteiger partial charge < -0.3 is 15.6 Å². The zero-order valence-corrected chi connectivity index (χ0v) is 8.32. The first-order valence-electron chi connectivity index (χ1n) is 4.62. The smallest absolute Gasteiger partial charge is 0.224 e. The first kappa shape index (κ1) is 9.21. The van der Waals surface area contributed by atoms with Gasteiger partial charge in [0.1, 0.15) is 11.9 Å². The predicted molar refractivity (Wildman–Crippen MR) is 51.4 cm³/mol. The molecule has 0 radical (unpaired) electrons. The summed E-state index contributed by atoms with van der Waals surface area (Å²) < 4.78 is 0. The van der Waals surface area contributed by atoms with Crippen molar-refractivity contribution in [1.29, 1.82) is 0 Å². The third kappa shape index (κ3) is 1.29. The lowest BCUT2D eigenvalue weighted by atomic mass is 10.1. The lowest BCUT2D eigenvalue weighted by Crippen LogP contribution is -2.31. The molecule has 2 rings (SSSR count). The van der Waals surface area contributed by atoms with Gasteiger partial charge >= 0.3 is 0 Å². The second kappa shape index (κ2) is 3.09. The standard InChI is InChI=1S/C9H14N4O/c1-5-4-11-9(12-5)8-6(10)3-7(14)13(8)2/h4,6,8H,3,10H2,1-2H3,(H,11,12)/t6-,8-/m1/s1. The van der Waals surface area contributed by atoms with Gasteiger partial charge in [-0.15, -0.1) is 0 Å². The molecule has 1 aromatic rings. The maximum atomic E-state index is 11.4. The number of nitrogens with two attached hydrogens (primary N) is 1. The summed E-state index contributed by atoms with van der Waals surface area (Å²) in [5, 5.41) is 0. The Morgan fingerprint density at radius 2 is 2.43 bits per heavy atom. The van der Waals surface area contributed by atoms with Crippen molar-refractivity contribution < 1.29 is 4.79 Å². The van der Waals surface area contributed by atoms with Gasteiger partial charge in [-0.05, 0) is 6.92 Å². The average Bonchev–Trinajstić information content (AvgIpc) is 2.60. The number of likely N-dealkylation sites (N-methyl/N-ethyl adjacent to an activating group) is 1. The number of amides is 1. The highest BCUT2D eigenvalue weighted by molar-refractivity contribution is 5.79. The highest BCUT2D eigenvalue weighted by atomic mass is 16.2. The number of aryl methyl sites for hydroxylation is 1. The zero-order valence-electron chi connectivity index (χ0n) is 8.32. The molecular formula is C9H14N4O. The lowest BCUT2D eigenvalue weighted by Gasteiger charge is -2.20. The molecule has 1 amide bonds. The fourth-order valence-electron chi connectivity index (χ4n) is 1.87. The third-order valence-corrected chi connectivity index (χ3v) is 2.63. The highest BCUT2D eigenvalue weighted by Crippen LogP contribution is 2.28. The van der Waals surface area contributed by atoms with E-state index in [1.165, 1.54) is 0 Å². The van der Waals surface area contributed by atoms with Gasteiger partial charge in [0, 0.05) is 31.4 Å². The van der Waals surface area contributed by atoms with Crippen LogP contribution in [0.1, 0.15) is 24.0 Å². The topological polar surface area (TPSA) is 75.0 Å². The molecule has 2 atom stereocenters. The Bertz CT molecular complexity index is 359. The quantitative estimate of drug-likeness (QED) is 0.658. The van der Waals surface area contributed by atoms with Crippen molar-refractivity contribution in [3.8, 4) is 0 Å². The summed E-state index contributed by atoms with van der Waals surface area (Å²) in [6, 6.07) is -0.255. The Balaban J connectivity index is 2.30. The van der Waals surface area contributed by atoms with Crippen molar-refractivity contribution in [2.75, 3.05) is 7.05 Å². The summed E-state index contributed by atoms with van der Waals surface area (Å²) in [7, 11) is 1.76. The van der Waals surface area contributed by atoms with E-state index in [-0.39, 0.29) is 18.0 Å². The summed E-state index contributed by atoms with van der Waals surface area (Å²) in [6.07, 6.45) is 2.15. The SMILES string of the molecule is Cc1cnc([C@H]2[C@H](N)CC(=O)N2C)[nH]1. The van der Waals surface area contributed by atoms with Crippen molar-refractivity contribution in [2.24, 2.45) is 5.73 Å². The largest absolute Gasteiger partial charge is 0.344 e. The summed E-state index contributed by atoms with van der Waals surface area (Å²) in [5.74, 6) is 0.861. The molecule has 0 spiro atoms. The van der Waals surface area contributed by atoms with Gasteiger partial charge in [-0.2, -0.15) is 0 Å². The van der Waals surface area contributed by atoms with Crippen molar-refractivity contribution in [2.45, 2.75) is 25.4 Å². The summed E-state index contributed by atoms with van der Waals surface area (Å²) in [4.78, 5) is 20.4. The monoisotopic (exact) mass is 194 g/mol. The number of carbonyl (C=O) groups is 1. The fraction of sp³-hybridized carbons (Fsp3) is 0.556. The van der Waals surface area contributed by atoms with Crippen LogP contribution in [0.4, 0.5) is 0 Å². The predicted octanol–water partition coefficient (Wildman–Crippen LogP) is -0.0514. The number of likely N-dealkylation sites (tertiary alicyclic amines) is 1. The molecule has 14 heavy (non-hydrogen) atoms. The molecule has 5 heteroatoms. The van der Waals surface area contributed by atoms with Gasteiger partial charge in [0.25, 0.3) is 0 Å².